The van der Waals surface area contributed by atoms with E-state index in [2.05, 4.69) is 15.9 Å². The van der Waals surface area contributed by atoms with Gasteiger partial charge in [0.05, 0.1) is 5.69 Å². The zero-order chi connectivity index (χ0) is 13.3. The minimum Gasteiger partial charge on any atom is -0.398 e. The van der Waals surface area contributed by atoms with E-state index < -0.39 is 0 Å². The van der Waals surface area contributed by atoms with Crippen molar-refractivity contribution in [1.29, 1.82) is 0 Å². The summed E-state index contributed by atoms with van der Waals surface area (Å²) in [6, 6.07) is 7.74. The Bertz CT molecular complexity index is 602. The van der Waals surface area contributed by atoms with Crippen LogP contribution in [-0.2, 0) is 6.42 Å². The van der Waals surface area contributed by atoms with Gasteiger partial charge in [-0.25, -0.2) is 4.39 Å². The van der Waals surface area contributed by atoms with Crippen LogP contribution in [0.1, 0.15) is 11.1 Å². The summed E-state index contributed by atoms with van der Waals surface area (Å²) in [6.45, 7) is 0. The van der Waals surface area contributed by atoms with Gasteiger partial charge in [0, 0.05) is 20.9 Å². The second kappa shape index (κ2) is 5.47. The molecule has 0 bridgehead atoms. The summed E-state index contributed by atoms with van der Waals surface area (Å²) in [4.78, 5) is 0. The molecule has 0 radical (unpaired) electrons. The maximum Gasteiger partial charge on any atom is 0.123 e. The van der Waals surface area contributed by atoms with E-state index in [1.54, 1.807) is 12.1 Å². The lowest BCUT2D eigenvalue weighted by Crippen LogP contribution is -1.99. The fourth-order valence-electron chi connectivity index (χ4n) is 1.66. The molecule has 0 aliphatic carbocycles. The fraction of sp³-hybridized carbons (Fsp3) is 0.0769. The van der Waals surface area contributed by atoms with E-state index in [0.29, 0.717) is 27.7 Å². The highest BCUT2D eigenvalue weighted by Crippen LogP contribution is 2.32. The molecule has 0 amide bonds. The van der Waals surface area contributed by atoms with Gasteiger partial charge in [-0.1, -0.05) is 23.2 Å². The number of anilines is 1. The van der Waals surface area contributed by atoms with E-state index in [0.717, 1.165) is 10.0 Å². The van der Waals surface area contributed by atoms with Crippen molar-refractivity contribution in [1.82, 2.24) is 0 Å². The van der Waals surface area contributed by atoms with Crippen molar-refractivity contribution in [2.24, 2.45) is 0 Å². The number of nitrogen functional groups attached to an aromatic ring is 1. The van der Waals surface area contributed by atoms with Gasteiger partial charge in [0.2, 0.25) is 0 Å². The van der Waals surface area contributed by atoms with Gasteiger partial charge in [0.15, 0.2) is 0 Å². The lowest BCUT2D eigenvalue weighted by molar-refractivity contribution is 0.626. The minimum atomic E-state index is -0.334. The van der Waals surface area contributed by atoms with Gasteiger partial charge in [-0.15, -0.1) is 0 Å². The molecular weight excluding hydrogens is 340 g/mol. The molecule has 2 rings (SSSR count). The largest absolute Gasteiger partial charge is 0.398 e. The van der Waals surface area contributed by atoms with Gasteiger partial charge in [-0.05, 0) is 57.4 Å². The highest BCUT2D eigenvalue weighted by atomic mass is 79.9. The van der Waals surface area contributed by atoms with Crippen LogP contribution in [0, 0.1) is 5.82 Å². The van der Waals surface area contributed by atoms with Crippen LogP contribution in [0.25, 0.3) is 0 Å². The Kier molecular flexibility index (Phi) is 4.15. The van der Waals surface area contributed by atoms with Crippen molar-refractivity contribution in [3.63, 3.8) is 0 Å². The lowest BCUT2D eigenvalue weighted by Gasteiger charge is -2.11. The van der Waals surface area contributed by atoms with E-state index in [4.69, 9.17) is 28.9 Å². The van der Waals surface area contributed by atoms with Crippen LogP contribution in [-0.4, -0.2) is 0 Å². The molecule has 0 aliphatic rings. The molecule has 5 heteroatoms. The molecule has 94 valence electrons. The van der Waals surface area contributed by atoms with Gasteiger partial charge < -0.3 is 5.73 Å². The van der Waals surface area contributed by atoms with Crippen molar-refractivity contribution >= 4 is 44.8 Å². The number of hydrogen-bond acceptors (Lipinski definition) is 1. The van der Waals surface area contributed by atoms with Gasteiger partial charge in [-0.3, -0.25) is 0 Å². The molecule has 0 saturated heterocycles. The van der Waals surface area contributed by atoms with E-state index in [1.165, 1.54) is 18.2 Å². The molecule has 2 aromatic rings. The van der Waals surface area contributed by atoms with Gasteiger partial charge in [0.25, 0.3) is 0 Å². The molecule has 0 heterocycles. The molecule has 18 heavy (non-hydrogen) atoms. The Morgan fingerprint density at radius 3 is 2.50 bits per heavy atom. The van der Waals surface area contributed by atoms with Gasteiger partial charge in [-0.2, -0.15) is 0 Å². The molecule has 1 nitrogen and oxygen atoms in total. The van der Waals surface area contributed by atoms with E-state index in [1.807, 2.05) is 0 Å². The third-order valence-corrected chi connectivity index (χ3v) is 4.04. The quantitative estimate of drug-likeness (QED) is 0.753. The van der Waals surface area contributed by atoms with Crippen LogP contribution in [0.2, 0.25) is 10.0 Å². The van der Waals surface area contributed by atoms with Crippen molar-refractivity contribution in [2.45, 2.75) is 6.42 Å². The summed E-state index contributed by atoms with van der Waals surface area (Å²) in [5.74, 6) is -0.334. The standard InChI is InChI=1S/C13H9BrCl2FN/c14-10-2-4-12(16)9(13(10)18)6-7-5-8(17)1-3-11(7)15/h1-5H,6,18H2. The van der Waals surface area contributed by atoms with E-state index in [9.17, 15) is 4.39 Å². The molecule has 2 aromatic carbocycles. The van der Waals surface area contributed by atoms with Crippen LogP contribution in [0.4, 0.5) is 10.1 Å². The fourth-order valence-corrected chi connectivity index (χ4v) is 2.45. The maximum atomic E-state index is 13.2. The Morgan fingerprint density at radius 2 is 1.78 bits per heavy atom. The number of halogens is 4. The third-order valence-electron chi connectivity index (χ3n) is 2.62. The molecule has 0 aromatic heterocycles. The molecular formula is C13H9BrCl2FN. The number of benzene rings is 2. The summed E-state index contributed by atoms with van der Waals surface area (Å²) in [6.07, 6.45) is 0.390. The van der Waals surface area contributed by atoms with Crippen molar-refractivity contribution < 1.29 is 4.39 Å². The first-order valence-electron chi connectivity index (χ1n) is 5.15. The van der Waals surface area contributed by atoms with Crippen molar-refractivity contribution in [3.05, 3.63) is 61.8 Å². The predicted molar refractivity (Wildman–Crippen MR) is 77.8 cm³/mol. The SMILES string of the molecule is Nc1c(Br)ccc(Cl)c1Cc1cc(F)ccc1Cl. The summed E-state index contributed by atoms with van der Waals surface area (Å²) in [5.41, 5.74) is 7.89. The first kappa shape index (κ1) is 13.7. The number of hydrogen-bond donors (Lipinski definition) is 1. The van der Waals surface area contributed by atoms with Crippen molar-refractivity contribution in [2.75, 3.05) is 5.73 Å². The van der Waals surface area contributed by atoms with Crippen LogP contribution in [0.5, 0.6) is 0 Å². The van der Waals surface area contributed by atoms with E-state index in [-0.39, 0.29) is 5.82 Å². The Morgan fingerprint density at radius 1 is 1.11 bits per heavy atom. The molecule has 0 saturated carbocycles. The molecule has 0 fully saturated rings. The molecule has 0 aliphatic heterocycles. The summed E-state index contributed by atoms with van der Waals surface area (Å²) >= 11 is 15.5. The Balaban J connectivity index is 2.46. The summed E-state index contributed by atoms with van der Waals surface area (Å²) in [7, 11) is 0. The Labute approximate surface area is 123 Å². The van der Waals surface area contributed by atoms with Gasteiger partial charge >= 0.3 is 0 Å². The second-order valence-electron chi connectivity index (χ2n) is 3.83. The first-order valence-corrected chi connectivity index (χ1v) is 6.70. The van der Waals surface area contributed by atoms with Crippen LogP contribution >= 0.6 is 39.1 Å². The minimum absolute atomic E-state index is 0.334. The second-order valence-corrected chi connectivity index (χ2v) is 5.50. The topological polar surface area (TPSA) is 26.0 Å². The summed E-state index contributed by atoms with van der Waals surface area (Å²) < 4.78 is 14.0. The smallest absolute Gasteiger partial charge is 0.123 e. The first-order chi connectivity index (χ1) is 8.49. The van der Waals surface area contributed by atoms with E-state index >= 15 is 0 Å². The molecule has 0 spiro atoms. The molecule has 2 N–H and O–H groups in total. The monoisotopic (exact) mass is 347 g/mol. The zero-order valence-electron chi connectivity index (χ0n) is 9.18. The lowest BCUT2D eigenvalue weighted by atomic mass is 10.0. The van der Waals surface area contributed by atoms with Crippen LogP contribution < -0.4 is 5.73 Å². The van der Waals surface area contributed by atoms with Crippen LogP contribution in [0.15, 0.2) is 34.8 Å². The van der Waals surface area contributed by atoms with Gasteiger partial charge in [0.1, 0.15) is 5.82 Å². The molecule has 0 unspecified atom stereocenters. The highest BCUT2D eigenvalue weighted by molar-refractivity contribution is 9.10. The highest BCUT2D eigenvalue weighted by Gasteiger charge is 2.11. The summed E-state index contributed by atoms with van der Waals surface area (Å²) in [5, 5.41) is 1.03. The average molecular weight is 349 g/mol. The Hall–Kier alpha value is -0.770. The number of rotatable bonds is 2. The normalized spacial score (nSPS) is 10.7. The zero-order valence-corrected chi connectivity index (χ0v) is 12.3. The molecule has 0 atom stereocenters. The average Bonchev–Trinajstić information content (AvgIpc) is 2.34. The maximum absolute atomic E-state index is 13.2. The number of nitrogens with two attached hydrogens (primary N) is 1. The predicted octanol–water partition coefficient (Wildman–Crippen LogP) is 5.07. The third kappa shape index (κ3) is 2.79. The van der Waals surface area contributed by atoms with Crippen molar-refractivity contribution in [3.8, 4) is 0 Å². The van der Waals surface area contributed by atoms with Crippen LogP contribution in [0.3, 0.4) is 0 Å².